The molecular weight excluding hydrogens is 200 g/mol. The fourth-order valence-corrected chi connectivity index (χ4v) is 1.26. The lowest BCUT2D eigenvalue weighted by atomic mass is 10.1. The highest BCUT2D eigenvalue weighted by Gasteiger charge is 1.91. The highest BCUT2D eigenvalue weighted by Crippen LogP contribution is 2.17. The highest BCUT2D eigenvalue weighted by molar-refractivity contribution is 5.69. The first-order valence-electron chi connectivity index (χ1n) is 4.85. The largest absolute Gasteiger partial charge is 0.352 e. The summed E-state index contributed by atoms with van der Waals surface area (Å²) in [7, 11) is 0. The molecule has 0 radical (unpaired) electrons. The summed E-state index contributed by atoms with van der Waals surface area (Å²) in [5, 5.41) is 0. The fourth-order valence-electron chi connectivity index (χ4n) is 1.26. The Kier molecular flexibility index (Phi) is 4.60. The standard InChI is InChI=1S/C12H10.CH4N2O/c1-3-7-11(8-4-1)12-9-5-2-6-10-12;2-1(3)4/h1-10H;(H4,2,3,4). The van der Waals surface area contributed by atoms with Gasteiger partial charge in [-0.25, -0.2) is 4.79 Å². The molecule has 2 rings (SSSR count). The quantitative estimate of drug-likeness (QED) is 0.751. The number of carbonyl (C=O) groups is 1. The van der Waals surface area contributed by atoms with Crippen molar-refractivity contribution in [3.05, 3.63) is 60.7 Å². The van der Waals surface area contributed by atoms with E-state index in [2.05, 4.69) is 60.0 Å². The molecule has 0 unspecified atom stereocenters. The van der Waals surface area contributed by atoms with Gasteiger partial charge >= 0.3 is 6.03 Å². The lowest BCUT2D eigenvalue weighted by Crippen LogP contribution is -2.18. The third kappa shape index (κ3) is 4.28. The first-order chi connectivity index (χ1) is 7.70. The van der Waals surface area contributed by atoms with E-state index in [1.54, 1.807) is 0 Å². The molecule has 2 aromatic rings. The Bertz CT molecular complexity index is 385. The van der Waals surface area contributed by atoms with E-state index in [1.807, 2.05) is 12.1 Å². The molecular formula is C13H14N2O. The van der Waals surface area contributed by atoms with E-state index in [0.717, 1.165) is 0 Å². The minimum absolute atomic E-state index is 0.833. The van der Waals surface area contributed by atoms with Gasteiger partial charge in [0, 0.05) is 0 Å². The van der Waals surface area contributed by atoms with Crippen LogP contribution >= 0.6 is 0 Å². The van der Waals surface area contributed by atoms with Gasteiger partial charge < -0.3 is 11.5 Å². The third-order valence-electron chi connectivity index (χ3n) is 1.88. The number of amides is 2. The Morgan fingerprint density at radius 2 is 0.938 bits per heavy atom. The molecule has 3 heteroatoms. The number of rotatable bonds is 1. The average Bonchev–Trinajstić information content (AvgIpc) is 2.31. The fraction of sp³-hybridized carbons (Fsp3) is 0. The second kappa shape index (κ2) is 6.24. The van der Waals surface area contributed by atoms with Crippen molar-refractivity contribution in [2.75, 3.05) is 0 Å². The predicted octanol–water partition coefficient (Wildman–Crippen LogP) is 2.38. The van der Waals surface area contributed by atoms with Crippen LogP contribution in [-0.2, 0) is 0 Å². The SMILES string of the molecule is NC(N)=O.c1ccc(-c2ccccc2)cc1. The molecule has 0 fully saturated rings. The van der Waals surface area contributed by atoms with Gasteiger partial charge in [-0.3, -0.25) is 0 Å². The Balaban J connectivity index is 0.000000280. The van der Waals surface area contributed by atoms with Crippen LogP contribution in [0.3, 0.4) is 0 Å². The normalized spacial score (nSPS) is 8.75. The van der Waals surface area contributed by atoms with Gasteiger partial charge in [0.05, 0.1) is 0 Å². The lowest BCUT2D eigenvalue weighted by Gasteiger charge is -1.98. The molecule has 0 saturated carbocycles. The Morgan fingerprint density at radius 3 is 1.19 bits per heavy atom. The van der Waals surface area contributed by atoms with Crippen LogP contribution in [0.15, 0.2) is 60.7 Å². The van der Waals surface area contributed by atoms with Crippen molar-refractivity contribution < 1.29 is 4.79 Å². The summed E-state index contributed by atoms with van der Waals surface area (Å²) in [4.78, 5) is 9.00. The van der Waals surface area contributed by atoms with E-state index in [0.29, 0.717) is 0 Å². The van der Waals surface area contributed by atoms with Crippen LogP contribution in [0.25, 0.3) is 11.1 Å². The first kappa shape index (κ1) is 11.8. The van der Waals surface area contributed by atoms with E-state index >= 15 is 0 Å². The Morgan fingerprint density at radius 1 is 0.688 bits per heavy atom. The molecule has 3 nitrogen and oxygen atoms in total. The van der Waals surface area contributed by atoms with Crippen LogP contribution in [0, 0.1) is 0 Å². The summed E-state index contributed by atoms with van der Waals surface area (Å²) in [5.41, 5.74) is 11.1. The zero-order valence-corrected chi connectivity index (χ0v) is 8.84. The summed E-state index contributed by atoms with van der Waals surface area (Å²) in [5.74, 6) is 0. The van der Waals surface area contributed by atoms with Crippen molar-refractivity contribution in [3.8, 4) is 11.1 Å². The molecule has 16 heavy (non-hydrogen) atoms. The average molecular weight is 214 g/mol. The van der Waals surface area contributed by atoms with E-state index in [4.69, 9.17) is 4.79 Å². The monoisotopic (exact) mass is 214 g/mol. The molecule has 0 aliphatic rings. The van der Waals surface area contributed by atoms with Gasteiger partial charge in [0.15, 0.2) is 0 Å². The van der Waals surface area contributed by atoms with Crippen LogP contribution in [-0.4, -0.2) is 6.03 Å². The predicted molar refractivity (Wildman–Crippen MR) is 65.6 cm³/mol. The molecule has 0 bridgehead atoms. The molecule has 4 N–H and O–H groups in total. The molecule has 0 aliphatic heterocycles. The number of urea groups is 1. The van der Waals surface area contributed by atoms with Gasteiger partial charge in [0.1, 0.15) is 0 Å². The summed E-state index contributed by atoms with van der Waals surface area (Å²) in [6.45, 7) is 0. The maximum absolute atomic E-state index is 9.00. The van der Waals surface area contributed by atoms with Crippen molar-refractivity contribution in [2.24, 2.45) is 11.5 Å². The van der Waals surface area contributed by atoms with Gasteiger partial charge in [0.2, 0.25) is 0 Å². The summed E-state index contributed by atoms with van der Waals surface area (Å²) >= 11 is 0. The van der Waals surface area contributed by atoms with E-state index in [-0.39, 0.29) is 0 Å². The van der Waals surface area contributed by atoms with Crippen LogP contribution < -0.4 is 11.5 Å². The van der Waals surface area contributed by atoms with Crippen molar-refractivity contribution >= 4 is 6.03 Å². The highest BCUT2D eigenvalue weighted by atomic mass is 16.2. The smallest absolute Gasteiger partial charge is 0.309 e. The second-order valence-corrected chi connectivity index (χ2v) is 3.13. The van der Waals surface area contributed by atoms with Crippen LogP contribution in [0.5, 0.6) is 0 Å². The molecule has 0 atom stereocenters. The van der Waals surface area contributed by atoms with Gasteiger partial charge in [-0.05, 0) is 11.1 Å². The van der Waals surface area contributed by atoms with Crippen molar-refractivity contribution in [3.63, 3.8) is 0 Å². The van der Waals surface area contributed by atoms with Gasteiger partial charge in [-0.2, -0.15) is 0 Å². The first-order valence-corrected chi connectivity index (χ1v) is 4.85. The van der Waals surface area contributed by atoms with Gasteiger partial charge in [-0.1, -0.05) is 60.7 Å². The number of nitrogens with two attached hydrogens (primary N) is 2. The van der Waals surface area contributed by atoms with Gasteiger partial charge in [-0.15, -0.1) is 0 Å². The Labute approximate surface area is 94.7 Å². The molecule has 2 aromatic carbocycles. The van der Waals surface area contributed by atoms with Crippen molar-refractivity contribution in [1.82, 2.24) is 0 Å². The van der Waals surface area contributed by atoms with Crippen LogP contribution in [0.2, 0.25) is 0 Å². The number of carbonyl (C=O) groups excluding carboxylic acids is 1. The van der Waals surface area contributed by atoms with E-state index in [1.165, 1.54) is 11.1 Å². The zero-order chi connectivity index (χ0) is 11.8. The zero-order valence-electron chi connectivity index (χ0n) is 8.84. The third-order valence-corrected chi connectivity index (χ3v) is 1.88. The minimum Gasteiger partial charge on any atom is -0.352 e. The molecule has 0 aromatic heterocycles. The molecule has 82 valence electrons. The van der Waals surface area contributed by atoms with Gasteiger partial charge in [0.25, 0.3) is 0 Å². The summed E-state index contributed by atoms with van der Waals surface area (Å²) in [6, 6.07) is 19.9. The molecule has 0 saturated heterocycles. The Hall–Kier alpha value is -2.29. The van der Waals surface area contributed by atoms with Crippen molar-refractivity contribution in [1.29, 1.82) is 0 Å². The minimum atomic E-state index is -0.833. The molecule has 0 heterocycles. The molecule has 0 aliphatic carbocycles. The van der Waals surface area contributed by atoms with E-state index in [9.17, 15) is 0 Å². The topological polar surface area (TPSA) is 69.1 Å². The molecule has 0 spiro atoms. The maximum Gasteiger partial charge on any atom is 0.309 e. The summed E-state index contributed by atoms with van der Waals surface area (Å²) in [6.07, 6.45) is 0. The van der Waals surface area contributed by atoms with E-state index < -0.39 is 6.03 Å². The number of primary amides is 2. The van der Waals surface area contributed by atoms with Crippen LogP contribution in [0.1, 0.15) is 0 Å². The van der Waals surface area contributed by atoms with Crippen LogP contribution in [0.4, 0.5) is 4.79 Å². The molecule has 2 amide bonds. The number of hydrogen-bond donors (Lipinski definition) is 2. The maximum atomic E-state index is 9.00. The van der Waals surface area contributed by atoms with Crippen molar-refractivity contribution in [2.45, 2.75) is 0 Å². The second-order valence-electron chi connectivity index (χ2n) is 3.13. The lowest BCUT2D eigenvalue weighted by molar-refractivity contribution is 0.256. The summed E-state index contributed by atoms with van der Waals surface area (Å²) < 4.78 is 0. The number of benzene rings is 2. The number of hydrogen-bond acceptors (Lipinski definition) is 1.